The Kier molecular flexibility index (Phi) is 2.04. The van der Waals surface area contributed by atoms with E-state index in [-0.39, 0.29) is 5.69 Å². The van der Waals surface area contributed by atoms with Gasteiger partial charge in [-0.25, -0.2) is 0 Å². The molecule has 0 fully saturated rings. The Morgan fingerprint density at radius 1 is 1.19 bits per heavy atom. The Morgan fingerprint density at radius 2 is 1.81 bits per heavy atom. The third-order valence-corrected chi connectivity index (χ3v) is 2.27. The van der Waals surface area contributed by atoms with E-state index >= 15 is 0 Å². The average Bonchev–Trinajstić information content (AvgIpc) is 2.39. The first-order valence-corrected chi connectivity index (χ1v) is 4.38. The molecule has 0 aliphatic carbocycles. The van der Waals surface area contributed by atoms with E-state index in [0.29, 0.717) is 5.56 Å². The highest BCUT2D eigenvalue weighted by Gasteiger charge is 2.41. The molecule has 0 bridgehead atoms. The topological polar surface area (TPSA) is 46.2 Å². The molecule has 0 aromatic heterocycles. The normalized spacial score (nSPS) is 15.0. The summed E-state index contributed by atoms with van der Waals surface area (Å²) < 4.78 is 37.9. The number of ketones is 1. The summed E-state index contributed by atoms with van der Waals surface area (Å²) in [6.45, 7) is 1.46. The van der Waals surface area contributed by atoms with E-state index in [0.717, 1.165) is 6.07 Å². The van der Waals surface area contributed by atoms with E-state index in [1.165, 1.54) is 13.0 Å². The Hall–Kier alpha value is -1.85. The predicted molar refractivity (Wildman–Crippen MR) is 49.1 cm³/mol. The van der Waals surface area contributed by atoms with Crippen molar-refractivity contribution in [3.63, 3.8) is 0 Å². The third-order valence-electron chi connectivity index (χ3n) is 2.27. The van der Waals surface area contributed by atoms with Crippen LogP contribution in [0.15, 0.2) is 12.1 Å². The first kappa shape index (κ1) is 10.7. The van der Waals surface area contributed by atoms with Crippen LogP contribution < -0.4 is 5.32 Å². The maximum atomic E-state index is 12.6. The minimum atomic E-state index is -4.64. The average molecular weight is 229 g/mol. The van der Waals surface area contributed by atoms with E-state index in [9.17, 15) is 22.8 Å². The molecular formula is C10H6F3NO2. The number of halogens is 3. The molecule has 1 amide bonds. The highest BCUT2D eigenvalue weighted by molar-refractivity contribution is 6.52. The van der Waals surface area contributed by atoms with Crippen molar-refractivity contribution in [1.82, 2.24) is 0 Å². The second kappa shape index (κ2) is 3.07. The zero-order valence-electron chi connectivity index (χ0n) is 8.11. The summed E-state index contributed by atoms with van der Waals surface area (Å²) in [5.74, 6) is -2.16. The fraction of sp³-hybridized carbons (Fsp3) is 0.200. The molecule has 84 valence electrons. The number of Topliss-reactive ketones (excluding diaryl/α,β-unsaturated/α-hetero) is 1. The number of hydrogen-bond acceptors (Lipinski definition) is 2. The number of carbonyl (C=O) groups is 2. The summed E-state index contributed by atoms with van der Waals surface area (Å²) in [7, 11) is 0. The summed E-state index contributed by atoms with van der Waals surface area (Å²) in [6, 6.07) is 2.20. The van der Waals surface area contributed by atoms with E-state index in [1.807, 2.05) is 0 Å². The number of carbonyl (C=O) groups excluding carboxylic acids is 2. The quantitative estimate of drug-likeness (QED) is 0.693. The van der Waals surface area contributed by atoms with Crippen molar-refractivity contribution in [3.8, 4) is 0 Å². The number of anilines is 1. The van der Waals surface area contributed by atoms with E-state index in [4.69, 9.17) is 0 Å². The third kappa shape index (κ3) is 1.46. The highest BCUT2D eigenvalue weighted by atomic mass is 19.4. The number of benzene rings is 1. The van der Waals surface area contributed by atoms with E-state index < -0.39 is 29.0 Å². The largest absolute Gasteiger partial charge is 0.417 e. The van der Waals surface area contributed by atoms with Crippen molar-refractivity contribution in [2.24, 2.45) is 0 Å². The Labute approximate surface area is 88.3 Å². The van der Waals surface area contributed by atoms with Gasteiger partial charge >= 0.3 is 6.18 Å². The zero-order chi connectivity index (χ0) is 12.1. The summed E-state index contributed by atoms with van der Waals surface area (Å²) >= 11 is 0. The fourth-order valence-electron chi connectivity index (χ4n) is 1.65. The van der Waals surface area contributed by atoms with Gasteiger partial charge in [0.2, 0.25) is 0 Å². The summed E-state index contributed by atoms with van der Waals surface area (Å²) in [5, 5.41) is 2.11. The second-order valence-corrected chi connectivity index (χ2v) is 3.52. The van der Waals surface area contributed by atoms with Gasteiger partial charge in [0, 0.05) is 0 Å². The van der Waals surface area contributed by atoms with Crippen LogP contribution in [0.2, 0.25) is 0 Å². The van der Waals surface area contributed by atoms with Crippen LogP contribution in [0, 0.1) is 6.92 Å². The molecule has 1 aliphatic rings. The van der Waals surface area contributed by atoms with Crippen LogP contribution >= 0.6 is 0 Å². The van der Waals surface area contributed by atoms with Gasteiger partial charge in [-0.05, 0) is 24.6 Å². The highest BCUT2D eigenvalue weighted by Crippen LogP contribution is 2.38. The predicted octanol–water partition coefficient (Wildman–Crippen LogP) is 2.15. The summed E-state index contributed by atoms with van der Waals surface area (Å²) in [4.78, 5) is 22.3. The molecule has 0 saturated heterocycles. The van der Waals surface area contributed by atoms with Gasteiger partial charge in [-0.2, -0.15) is 13.2 Å². The second-order valence-electron chi connectivity index (χ2n) is 3.52. The monoisotopic (exact) mass is 229 g/mol. The van der Waals surface area contributed by atoms with Crippen LogP contribution in [-0.4, -0.2) is 11.7 Å². The molecule has 1 N–H and O–H groups in total. The number of hydrogen-bond donors (Lipinski definition) is 1. The van der Waals surface area contributed by atoms with E-state index in [2.05, 4.69) is 5.32 Å². The number of nitrogens with one attached hydrogen (secondary N) is 1. The van der Waals surface area contributed by atoms with Crippen molar-refractivity contribution >= 4 is 17.4 Å². The van der Waals surface area contributed by atoms with Crippen molar-refractivity contribution in [2.75, 3.05) is 5.32 Å². The smallest absolute Gasteiger partial charge is 0.318 e. The fourth-order valence-corrected chi connectivity index (χ4v) is 1.65. The minimum Gasteiger partial charge on any atom is -0.318 e. The molecule has 0 radical (unpaired) electrons. The van der Waals surface area contributed by atoms with Crippen LogP contribution in [-0.2, 0) is 11.0 Å². The van der Waals surface area contributed by atoms with Gasteiger partial charge in [0.25, 0.3) is 11.7 Å². The number of aryl methyl sites for hydroxylation is 1. The molecule has 1 heterocycles. The molecule has 16 heavy (non-hydrogen) atoms. The first-order chi connectivity index (χ1) is 7.30. The number of fused-ring (bicyclic) bond motifs is 1. The van der Waals surface area contributed by atoms with Crippen molar-refractivity contribution in [3.05, 3.63) is 28.8 Å². The van der Waals surface area contributed by atoms with Gasteiger partial charge in [0.1, 0.15) is 0 Å². The standard InChI is InChI=1S/C10H6F3NO2/c1-4-2-5(10(11,12)13)7-6(3-4)14-9(16)8(7)15/h2-3H,1H3,(H,14,15,16). The van der Waals surface area contributed by atoms with Crippen LogP contribution in [0.3, 0.4) is 0 Å². The molecule has 0 saturated carbocycles. The van der Waals surface area contributed by atoms with Gasteiger partial charge in [-0.3, -0.25) is 9.59 Å². The lowest BCUT2D eigenvalue weighted by Crippen LogP contribution is -2.16. The molecule has 1 aliphatic heterocycles. The Morgan fingerprint density at radius 3 is 2.38 bits per heavy atom. The Balaban J connectivity index is 2.73. The summed E-state index contributed by atoms with van der Waals surface area (Å²) in [6.07, 6.45) is -4.64. The minimum absolute atomic E-state index is 0.0673. The van der Waals surface area contributed by atoms with Crippen LogP contribution in [0.4, 0.5) is 18.9 Å². The molecule has 6 heteroatoms. The van der Waals surface area contributed by atoms with Gasteiger partial charge in [0.05, 0.1) is 16.8 Å². The molecular weight excluding hydrogens is 223 g/mol. The molecule has 1 aromatic rings. The van der Waals surface area contributed by atoms with Crippen molar-refractivity contribution in [1.29, 1.82) is 0 Å². The maximum absolute atomic E-state index is 12.6. The molecule has 1 aromatic carbocycles. The molecule has 3 nitrogen and oxygen atoms in total. The lowest BCUT2D eigenvalue weighted by Gasteiger charge is -2.11. The number of alkyl halides is 3. The Bertz CT molecular complexity index is 506. The number of rotatable bonds is 0. The van der Waals surface area contributed by atoms with Gasteiger partial charge in [0.15, 0.2) is 0 Å². The molecule has 2 rings (SSSR count). The van der Waals surface area contributed by atoms with E-state index in [1.54, 1.807) is 0 Å². The SMILES string of the molecule is Cc1cc2c(c(C(F)(F)F)c1)C(=O)C(=O)N2. The maximum Gasteiger partial charge on any atom is 0.417 e. The first-order valence-electron chi connectivity index (χ1n) is 4.38. The van der Waals surface area contributed by atoms with Gasteiger partial charge < -0.3 is 5.32 Å². The van der Waals surface area contributed by atoms with Crippen molar-refractivity contribution in [2.45, 2.75) is 13.1 Å². The lowest BCUT2D eigenvalue weighted by molar-refractivity contribution is -0.137. The molecule has 0 atom stereocenters. The van der Waals surface area contributed by atoms with Crippen LogP contribution in [0.5, 0.6) is 0 Å². The summed E-state index contributed by atoms with van der Waals surface area (Å²) in [5.41, 5.74) is -1.38. The molecule has 0 spiro atoms. The zero-order valence-corrected chi connectivity index (χ0v) is 8.11. The van der Waals surface area contributed by atoms with Crippen LogP contribution in [0.25, 0.3) is 0 Å². The number of amides is 1. The van der Waals surface area contributed by atoms with Crippen LogP contribution in [0.1, 0.15) is 21.5 Å². The molecule has 0 unspecified atom stereocenters. The van der Waals surface area contributed by atoms with Crippen molar-refractivity contribution < 1.29 is 22.8 Å². The lowest BCUT2D eigenvalue weighted by atomic mass is 10.0. The van der Waals surface area contributed by atoms with Gasteiger partial charge in [-0.15, -0.1) is 0 Å². The van der Waals surface area contributed by atoms with Gasteiger partial charge in [-0.1, -0.05) is 0 Å².